The van der Waals surface area contributed by atoms with Crippen molar-refractivity contribution in [2.75, 3.05) is 26.2 Å². The maximum absolute atomic E-state index is 8.14. The Bertz CT molecular complexity index is 1400. The molecule has 1 aliphatic rings. The molecule has 4 aromatic rings. The van der Waals surface area contributed by atoms with Crippen LogP contribution in [-0.2, 0) is 4.74 Å². The molecule has 0 atom stereocenters. The van der Waals surface area contributed by atoms with Crippen LogP contribution in [0.5, 0.6) is 5.75 Å². The van der Waals surface area contributed by atoms with Crippen molar-refractivity contribution in [1.29, 1.82) is 10.8 Å². The Labute approximate surface area is 218 Å². The quantitative estimate of drug-likeness (QED) is 0.153. The number of likely N-dealkylation sites (tertiary alicyclic amines) is 1. The van der Waals surface area contributed by atoms with Gasteiger partial charge in [-0.3, -0.25) is 10.8 Å². The van der Waals surface area contributed by atoms with Gasteiger partial charge in [0, 0.05) is 18.5 Å². The Morgan fingerprint density at radius 3 is 2.54 bits per heavy atom. The molecule has 6 heteroatoms. The molecule has 0 saturated carbocycles. The molecule has 5 rings (SSSR count). The van der Waals surface area contributed by atoms with Crippen molar-refractivity contribution in [3.8, 4) is 5.75 Å². The number of piperidine rings is 1. The molecule has 0 spiro atoms. The molecule has 0 radical (unpaired) electrons. The summed E-state index contributed by atoms with van der Waals surface area (Å²) in [6.45, 7) is 7.58. The van der Waals surface area contributed by atoms with E-state index >= 15 is 0 Å². The van der Waals surface area contributed by atoms with Crippen LogP contribution in [0, 0.1) is 16.7 Å². The van der Waals surface area contributed by atoms with E-state index in [1.165, 1.54) is 29.2 Å². The molecule has 37 heavy (non-hydrogen) atoms. The molecule has 192 valence electrons. The van der Waals surface area contributed by atoms with E-state index in [4.69, 9.17) is 24.7 Å². The topological polar surface area (TPSA) is 82.5 Å². The predicted octanol–water partition coefficient (Wildman–Crippen LogP) is 7.21. The second kappa shape index (κ2) is 11.2. The summed E-state index contributed by atoms with van der Waals surface area (Å²) in [5, 5.41) is 19.4. The lowest BCUT2D eigenvalue weighted by Gasteiger charge is -2.32. The molecule has 1 fully saturated rings. The van der Waals surface area contributed by atoms with Crippen LogP contribution in [0.1, 0.15) is 50.4 Å². The van der Waals surface area contributed by atoms with Crippen molar-refractivity contribution in [2.24, 2.45) is 5.92 Å². The SMILES string of the molecule is CC(C)C(=N)OC(=N)c1cc2c(OCCCN3CCC(c4ccc5ccccc5c4)CC3)cccc2o1. The maximum atomic E-state index is 8.14. The van der Waals surface area contributed by atoms with Crippen molar-refractivity contribution in [1.82, 2.24) is 4.90 Å². The third-order valence-electron chi connectivity index (χ3n) is 7.19. The van der Waals surface area contributed by atoms with Gasteiger partial charge in [-0.2, -0.15) is 0 Å². The van der Waals surface area contributed by atoms with Crippen molar-refractivity contribution >= 4 is 33.5 Å². The first-order valence-corrected chi connectivity index (χ1v) is 13.2. The molecule has 6 nitrogen and oxygen atoms in total. The summed E-state index contributed by atoms with van der Waals surface area (Å²) in [5.74, 6) is 1.47. The molecule has 2 heterocycles. The van der Waals surface area contributed by atoms with Crippen molar-refractivity contribution in [3.05, 3.63) is 78.1 Å². The van der Waals surface area contributed by atoms with Gasteiger partial charge in [0.25, 0.3) is 5.90 Å². The monoisotopic (exact) mass is 497 g/mol. The van der Waals surface area contributed by atoms with Crippen molar-refractivity contribution in [2.45, 2.75) is 39.0 Å². The molecule has 0 unspecified atom stereocenters. The molecule has 1 aromatic heterocycles. The number of hydrogen-bond acceptors (Lipinski definition) is 6. The van der Waals surface area contributed by atoms with E-state index in [-0.39, 0.29) is 17.7 Å². The van der Waals surface area contributed by atoms with Gasteiger partial charge in [-0.25, -0.2) is 0 Å². The summed E-state index contributed by atoms with van der Waals surface area (Å²) < 4.78 is 17.2. The predicted molar refractivity (Wildman–Crippen MR) is 149 cm³/mol. The maximum Gasteiger partial charge on any atom is 0.256 e. The summed E-state index contributed by atoms with van der Waals surface area (Å²) in [6, 6.07) is 23.0. The first kappa shape index (κ1) is 25.0. The summed E-state index contributed by atoms with van der Waals surface area (Å²) in [6.07, 6.45) is 3.34. The largest absolute Gasteiger partial charge is 0.493 e. The average molecular weight is 498 g/mol. The van der Waals surface area contributed by atoms with Gasteiger partial charge in [0.1, 0.15) is 11.3 Å². The highest BCUT2D eigenvalue weighted by atomic mass is 16.5. The molecule has 0 aliphatic carbocycles. The molecule has 2 N–H and O–H groups in total. The Hall–Kier alpha value is -3.64. The van der Waals surface area contributed by atoms with Crippen LogP contribution in [0.3, 0.4) is 0 Å². The van der Waals surface area contributed by atoms with Gasteiger partial charge < -0.3 is 18.8 Å². The van der Waals surface area contributed by atoms with Gasteiger partial charge in [0.2, 0.25) is 0 Å². The Morgan fingerprint density at radius 1 is 0.973 bits per heavy atom. The molecule has 1 aliphatic heterocycles. The van der Waals surface area contributed by atoms with Crippen molar-refractivity contribution in [3.63, 3.8) is 0 Å². The van der Waals surface area contributed by atoms with Crippen LogP contribution in [0.25, 0.3) is 21.7 Å². The summed E-state index contributed by atoms with van der Waals surface area (Å²) in [5.41, 5.74) is 2.11. The van der Waals surface area contributed by atoms with Crippen molar-refractivity contribution < 1.29 is 13.9 Å². The highest BCUT2D eigenvalue weighted by Crippen LogP contribution is 2.31. The third kappa shape index (κ3) is 5.86. The number of rotatable bonds is 8. The third-order valence-corrected chi connectivity index (χ3v) is 7.19. The smallest absolute Gasteiger partial charge is 0.256 e. The normalized spacial score (nSPS) is 14.9. The first-order valence-electron chi connectivity index (χ1n) is 13.2. The molecular formula is C31H35N3O3. The summed E-state index contributed by atoms with van der Waals surface area (Å²) in [7, 11) is 0. The van der Waals surface area contributed by atoms with E-state index in [1.54, 1.807) is 6.07 Å². The van der Waals surface area contributed by atoms with Crippen LogP contribution < -0.4 is 4.74 Å². The molecular weight excluding hydrogens is 462 g/mol. The van der Waals surface area contributed by atoms with E-state index in [0.717, 1.165) is 37.2 Å². The van der Waals surface area contributed by atoms with Gasteiger partial charge in [0.05, 0.1) is 12.0 Å². The molecule has 3 aromatic carbocycles. The van der Waals surface area contributed by atoms with Crippen LogP contribution in [-0.4, -0.2) is 42.9 Å². The number of fused-ring (bicyclic) bond motifs is 2. The molecule has 0 amide bonds. The first-order chi connectivity index (χ1) is 18.0. The van der Waals surface area contributed by atoms with Gasteiger partial charge in [-0.05, 0) is 66.7 Å². The van der Waals surface area contributed by atoms with Crippen LogP contribution >= 0.6 is 0 Å². The summed E-state index contributed by atoms with van der Waals surface area (Å²) in [4.78, 5) is 2.54. The zero-order valence-corrected chi connectivity index (χ0v) is 21.6. The number of nitrogens with zero attached hydrogens (tertiary/aromatic N) is 1. The van der Waals surface area contributed by atoms with Crippen LogP contribution in [0.2, 0.25) is 0 Å². The lowest BCUT2D eigenvalue weighted by atomic mass is 9.88. The number of nitrogens with one attached hydrogen (secondary N) is 2. The Morgan fingerprint density at radius 2 is 1.76 bits per heavy atom. The Balaban J connectivity index is 1.10. The zero-order valence-electron chi connectivity index (χ0n) is 21.6. The van der Waals surface area contributed by atoms with E-state index in [1.807, 2.05) is 32.0 Å². The molecule has 1 saturated heterocycles. The minimum atomic E-state index is -0.159. The van der Waals surface area contributed by atoms with Crippen LogP contribution in [0.4, 0.5) is 0 Å². The Kier molecular flexibility index (Phi) is 7.56. The van der Waals surface area contributed by atoms with E-state index in [9.17, 15) is 0 Å². The number of benzene rings is 3. The second-order valence-corrected chi connectivity index (χ2v) is 10.2. The highest BCUT2D eigenvalue weighted by molar-refractivity contribution is 6.01. The van der Waals surface area contributed by atoms with Gasteiger partial charge in [0.15, 0.2) is 11.7 Å². The lowest BCUT2D eigenvalue weighted by Crippen LogP contribution is -2.34. The summed E-state index contributed by atoms with van der Waals surface area (Å²) >= 11 is 0. The zero-order chi connectivity index (χ0) is 25.8. The number of furan rings is 1. The number of ether oxygens (including phenoxy) is 2. The van der Waals surface area contributed by atoms with Crippen LogP contribution in [0.15, 0.2) is 71.1 Å². The fourth-order valence-corrected chi connectivity index (χ4v) is 4.97. The lowest BCUT2D eigenvalue weighted by molar-refractivity contribution is 0.193. The fraction of sp³-hybridized carbons (Fsp3) is 0.355. The minimum absolute atomic E-state index is 0.0447. The number of hydrogen-bond donors (Lipinski definition) is 2. The van der Waals surface area contributed by atoms with E-state index in [0.29, 0.717) is 23.9 Å². The fourth-order valence-electron chi connectivity index (χ4n) is 4.97. The minimum Gasteiger partial charge on any atom is -0.493 e. The van der Waals surface area contributed by atoms with Gasteiger partial charge >= 0.3 is 0 Å². The van der Waals surface area contributed by atoms with Gasteiger partial charge in [-0.1, -0.05) is 62.4 Å². The van der Waals surface area contributed by atoms with E-state index < -0.39 is 0 Å². The molecule has 0 bridgehead atoms. The average Bonchev–Trinajstić information content (AvgIpc) is 3.36. The second-order valence-electron chi connectivity index (χ2n) is 10.2. The van der Waals surface area contributed by atoms with Gasteiger partial charge in [-0.15, -0.1) is 0 Å². The highest BCUT2D eigenvalue weighted by Gasteiger charge is 2.21. The standard InChI is InChI=1S/C31H35N3O3/c1-21(2)30(32)37-31(33)29-20-26-27(9-5-10-28(26)36-29)35-18-6-15-34-16-13-23(14-17-34)25-12-11-22-7-3-4-8-24(22)19-25/h3-5,7-12,19-21,23,32-33H,6,13-18H2,1-2H3. The van der Waals surface area contributed by atoms with E-state index in [2.05, 4.69) is 47.4 Å².